The van der Waals surface area contributed by atoms with Crippen LogP contribution in [0.3, 0.4) is 0 Å². The maximum Gasteiger partial charge on any atom is 0.0661 e. The standard InChI is InChI=1S/C19H22N2/c1-14-9-5-7-11-18(14)20-16(3)13-17(4)21-19-12-8-6-10-15(19)2/h5-13,20H,1-4H3/b16-13-,21-17?. The Morgan fingerprint density at radius 1 is 0.905 bits per heavy atom. The molecule has 0 aliphatic heterocycles. The van der Waals surface area contributed by atoms with Gasteiger partial charge in [0, 0.05) is 17.1 Å². The van der Waals surface area contributed by atoms with Gasteiger partial charge in [-0.2, -0.15) is 0 Å². The third-order valence-electron chi connectivity index (χ3n) is 3.31. The molecule has 108 valence electrons. The van der Waals surface area contributed by atoms with E-state index in [2.05, 4.69) is 55.4 Å². The molecule has 21 heavy (non-hydrogen) atoms. The molecular formula is C19H22N2. The zero-order valence-corrected chi connectivity index (χ0v) is 13.1. The molecule has 0 spiro atoms. The quantitative estimate of drug-likeness (QED) is 0.743. The van der Waals surface area contributed by atoms with Crippen molar-refractivity contribution in [2.45, 2.75) is 27.7 Å². The highest BCUT2D eigenvalue weighted by molar-refractivity contribution is 5.95. The van der Waals surface area contributed by atoms with E-state index >= 15 is 0 Å². The summed E-state index contributed by atoms with van der Waals surface area (Å²) in [7, 11) is 0. The number of nitrogens with zero attached hydrogens (tertiary/aromatic N) is 1. The minimum atomic E-state index is 0.989. The molecule has 0 saturated heterocycles. The average molecular weight is 278 g/mol. The molecule has 2 aromatic carbocycles. The largest absolute Gasteiger partial charge is 0.359 e. The van der Waals surface area contributed by atoms with Crippen molar-refractivity contribution in [3.63, 3.8) is 0 Å². The number of anilines is 1. The van der Waals surface area contributed by atoms with Gasteiger partial charge in [-0.05, 0) is 57.0 Å². The molecular weight excluding hydrogens is 256 g/mol. The minimum absolute atomic E-state index is 0.989. The third-order valence-corrected chi connectivity index (χ3v) is 3.31. The highest BCUT2D eigenvalue weighted by Gasteiger charge is 1.98. The first-order valence-corrected chi connectivity index (χ1v) is 7.18. The Morgan fingerprint density at radius 2 is 1.52 bits per heavy atom. The normalized spacial score (nSPS) is 12.4. The number of hydrogen-bond acceptors (Lipinski definition) is 2. The molecule has 0 heterocycles. The molecule has 0 amide bonds. The Labute approximate surface area is 127 Å². The van der Waals surface area contributed by atoms with Crippen LogP contribution in [-0.4, -0.2) is 5.71 Å². The van der Waals surface area contributed by atoms with Gasteiger partial charge in [0.2, 0.25) is 0 Å². The number of nitrogens with one attached hydrogen (secondary N) is 1. The zero-order valence-electron chi connectivity index (χ0n) is 13.1. The number of rotatable bonds is 4. The first-order valence-electron chi connectivity index (χ1n) is 7.18. The zero-order chi connectivity index (χ0) is 15.2. The van der Waals surface area contributed by atoms with Crippen LogP contribution in [-0.2, 0) is 0 Å². The van der Waals surface area contributed by atoms with Gasteiger partial charge in [0.05, 0.1) is 5.69 Å². The topological polar surface area (TPSA) is 24.4 Å². The van der Waals surface area contributed by atoms with Crippen LogP contribution in [0.1, 0.15) is 25.0 Å². The third kappa shape index (κ3) is 4.32. The molecule has 0 radical (unpaired) electrons. The Morgan fingerprint density at radius 3 is 2.19 bits per heavy atom. The number of para-hydroxylation sites is 2. The molecule has 2 heteroatoms. The lowest BCUT2D eigenvalue weighted by Crippen LogP contribution is -2.00. The van der Waals surface area contributed by atoms with Crippen LogP contribution in [0.2, 0.25) is 0 Å². The lowest BCUT2D eigenvalue weighted by Gasteiger charge is -2.09. The van der Waals surface area contributed by atoms with Crippen molar-refractivity contribution >= 4 is 17.1 Å². The van der Waals surface area contributed by atoms with Gasteiger partial charge >= 0.3 is 0 Å². The number of aryl methyl sites for hydroxylation is 2. The predicted molar refractivity (Wildman–Crippen MR) is 92.5 cm³/mol. The van der Waals surface area contributed by atoms with Crippen LogP contribution in [0, 0.1) is 13.8 Å². The number of hydrogen-bond donors (Lipinski definition) is 1. The highest BCUT2D eigenvalue weighted by atomic mass is 14.9. The summed E-state index contributed by atoms with van der Waals surface area (Å²) >= 11 is 0. The summed E-state index contributed by atoms with van der Waals surface area (Å²) in [4.78, 5) is 4.66. The second-order valence-electron chi connectivity index (χ2n) is 5.31. The first-order chi connectivity index (χ1) is 10.1. The second kappa shape index (κ2) is 6.89. The van der Waals surface area contributed by atoms with Crippen LogP contribution >= 0.6 is 0 Å². The number of allylic oxidation sites excluding steroid dienone is 2. The van der Waals surface area contributed by atoms with Crippen molar-refractivity contribution < 1.29 is 0 Å². The van der Waals surface area contributed by atoms with E-state index in [0.717, 1.165) is 22.8 Å². The van der Waals surface area contributed by atoms with Gasteiger partial charge in [0.25, 0.3) is 0 Å². The van der Waals surface area contributed by atoms with E-state index in [0.29, 0.717) is 0 Å². The molecule has 2 aromatic rings. The summed E-state index contributed by atoms with van der Waals surface area (Å²) < 4.78 is 0. The first kappa shape index (κ1) is 15.0. The van der Waals surface area contributed by atoms with Gasteiger partial charge in [0.15, 0.2) is 0 Å². The molecule has 0 atom stereocenters. The monoisotopic (exact) mass is 278 g/mol. The summed E-state index contributed by atoms with van der Waals surface area (Å²) in [6.07, 6.45) is 2.07. The molecule has 2 nitrogen and oxygen atoms in total. The van der Waals surface area contributed by atoms with Crippen LogP contribution in [0.5, 0.6) is 0 Å². The molecule has 0 unspecified atom stereocenters. The summed E-state index contributed by atoms with van der Waals surface area (Å²) in [5.74, 6) is 0. The minimum Gasteiger partial charge on any atom is -0.359 e. The van der Waals surface area contributed by atoms with E-state index in [-0.39, 0.29) is 0 Å². The van der Waals surface area contributed by atoms with Crippen LogP contribution < -0.4 is 5.32 Å². The van der Waals surface area contributed by atoms with E-state index in [1.54, 1.807) is 0 Å². The second-order valence-corrected chi connectivity index (χ2v) is 5.31. The van der Waals surface area contributed by atoms with Gasteiger partial charge in [-0.25, -0.2) is 0 Å². The maximum absolute atomic E-state index is 4.66. The molecule has 0 saturated carbocycles. The Balaban J connectivity index is 2.15. The van der Waals surface area contributed by atoms with E-state index < -0.39 is 0 Å². The van der Waals surface area contributed by atoms with Gasteiger partial charge < -0.3 is 5.32 Å². The van der Waals surface area contributed by atoms with Gasteiger partial charge in [-0.15, -0.1) is 0 Å². The van der Waals surface area contributed by atoms with E-state index in [9.17, 15) is 0 Å². The van der Waals surface area contributed by atoms with Crippen molar-refractivity contribution in [2.24, 2.45) is 4.99 Å². The van der Waals surface area contributed by atoms with E-state index in [1.165, 1.54) is 11.1 Å². The van der Waals surface area contributed by atoms with Gasteiger partial charge in [-0.1, -0.05) is 36.4 Å². The summed E-state index contributed by atoms with van der Waals surface area (Å²) in [5.41, 5.74) is 6.65. The molecule has 0 aromatic heterocycles. The van der Waals surface area contributed by atoms with Crippen molar-refractivity contribution in [2.75, 3.05) is 5.32 Å². The lowest BCUT2D eigenvalue weighted by atomic mass is 10.2. The summed E-state index contributed by atoms with van der Waals surface area (Å²) in [6, 6.07) is 16.4. The van der Waals surface area contributed by atoms with Gasteiger partial charge in [-0.3, -0.25) is 4.99 Å². The number of benzene rings is 2. The molecule has 0 aliphatic carbocycles. The molecule has 1 N–H and O–H groups in total. The average Bonchev–Trinajstić information content (AvgIpc) is 2.44. The predicted octanol–water partition coefficient (Wildman–Crippen LogP) is 5.41. The molecule has 2 rings (SSSR count). The summed E-state index contributed by atoms with van der Waals surface area (Å²) in [6.45, 7) is 8.26. The fourth-order valence-electron chi connectivity index (χ4n) is 2.19. The van der Waals surface area contributed by atoms with E-state index in [4.69, 9.17) is 0 Å². The number of aliphatic imine (C=N–C) groups is 1. The van der Waals surface area contributed by atoms with Crippen LogP contribution in [0.4, 0.5) is 11.4 Å². The Bertz CT molecular complexity index is 681. The van der Waals surface area contributed by atoms with Crippen LogP contribution in [0.25, 0.3) is 0 Å². The van der Waals surface area contributed by atoms with Gasteiger partial charge in [0.1, 0.15) is 0 Å². The molecule has 0 bridgehead atoms. The van der Waals surface area contributed by atoms with Crippen LogP contribution in [0.15, 0.2) is 65.3 Å². The fraction of sp³-hybridized carbons (Fsp3) is 0.211. The Hall–Kier alpha value is -2.35. The fourth-order valence-corrected chi connectivity index (χ4v) is 2.19. The molecule has 0 fully saturated rings. The Kier molecular flexibility index (Phi) is 4.94. The van der Waals surface area contributed by atoms with Crippen molar-refractivity contribution in [3.8, 4) is 0 Å². The van der Waals surface area contributed by atoms with Crippen molar-refractivity contribution in [1.29, 1.82) is 0 Å². The highest BCUT2D eigenvalue weighted by Crippen LogP contribution is 2.18. The van der Waals surface area contributed by atoms with Crippen molar-refractivity contribution in [1.82, 2.24) is 0 Å². The maximum atomic E-state index is 4.66. The lowest BCUT2D eigenvalue weighted by molar-refractivity contribution is 1.33. The summed E-state index contributed by atoms with van der Waals surface area (Å²) in [5, 5.41) is 3.42. The van der Waals surface area contributed by atoms with Crippen molar-refractivity contribution in [3.05, 3.63) is 71.4 Å². The smallest absolute Gasteiger partial charge is 0.0661 e. The molecule has 0 aliphatic rings. The SMILES string of the molecule is CC(/C=C(/C)Nc1ccccc1C)=Nc1ccccc1C. The van der Waals surface area contributed by atoms with E-state index in [1.807, 2.05) is 37.3 Å².